The molecule has 0 aromatic carbocycles. The van der Waals surface area contributed by atoms with E-state index in [0.717, 1.165) is 32.4 Å². The molecule has 6 heteroatoms. The summed E-state index contributed by atoms with van der Waals surface area (Å²) in [6.45, 7) is 2.08. The van der Waals surface area contributed by atoms with Gasteiger partial charge < -0.3 is 10.2 Å². The number of thiol groups is 1. The first-order valence-electron chi connectivity index (χ1n) is 6.99. The van der Waals surface area contributed by atoms with Crippen molar-refractivity contribution in [2.24, 2.45) is 0 Å². The maximum atomic E-state index is 10.3. The van der Waals surface area contributed by atoms with Crippen LogP contribution in [0.1, 0.15) is 31.1 Å². The third-order valence-corrected chi connectivity index (χ3v) is 5.48. The zero-order valence-corrected chi connectivity index (χ0v) is 12.3. The third-order valence-electron chi connectivity index (χ3n) is 4.67. The van der Waals surface area contributed by atoms with Crippen molar-refractivity contribution >= 4 is 20.5 Å². The molecule has 1 aromatic heterocycles. The fourth-order valence-electron chi connectivity index (χ4n) is 3.53. The van der Waals surface area contributed by atoms with Crippen LogP contribution in [0.5, 0.6) is 5.75 Å². The Kier molecular flexibility index (Phi) is 3.51. The second kappa shape index (κ2) is 4.93. The fraction of sp³-hybridized carbons (Fsp3) is 0.643. The SMILES string of the molecule is [B][C@@]12CCC[C@]1(S)CN(CC(O)c1ccc(O)cn1)C2. The molecule has 2 heterocycles. The lowest BCUT2D eigenvalue weighted by Gasteiger charge is -2.32. The molecule has 0 bridgehead atoms. The highest BCUT2D eigenvalue weighted by Gasteiger charge is 2.54. The van der Waals surface area contributed by atoms with Crippen LogP contribution in [0.15, 0.2) is 18.3 Å². The van der Waals surface area contributed by atoms with E-state index in [-0.39, 0.29) is 15.8 Å². The zero-order valence-electron chi connectivity index (χ0n) is 11.4. The molecule has 0 amide bonds. The molecule has 2 aliphatic rings. The first-order chi connectivity index (χ1) is 9.42. The molecule has 1 aliphatic carbocycles. The number of pyridine rings is 1. The molecule has 1 saturated heterocycles. The van der Waals surface area contributed by atoms with Gasteiger partial charge in [0.05, 0.1) is 19.7 Å². The van der Waals surface area contributed by atoms with Crippen molar-refractivity contribution in [1.82, 2.24) is 9.88 Å². The van der Waals surface area contributed by atoms with Crippen LogP contribution in [-0.2, 0) is 0 Å². The predicted octanol–water partition coefficient (Wildman–Crippen LogP) is 1.32. The number of aromatic nitrogens is 1. The topological polar surface area (TPSA) is 56.6 Å². The van der Waals surface area contributed by atoms with E-state index in [1.165, 1.54) is 12.3 Å². The fourth-order valence-corrected chi connectivity index (χ4v) is 4.07. The zero-order chi connectivity index (χ0) is 14.4. The molecule has 0 spiro atoms. The maximum absolute atomic E-state index is 10.3. The monoisotopic (exact) mass is 290 g/mol. The largest absolute Gasteiger partial charge is 0.506 e. The second-order valence-electron chi connectivity index (χ2n) is 6.17. The number of aliphatic hydroxyl groups is 1. The molecule has 106 valence electrons. The number of rotatable bonds is 3. The van der Waals surface area contributed by atoms with Gasteiger partial charge in [-0.2, -0.15) is 12.6 Å². The van der Waals surface area contributed by atoms with E-state index in [1.54, 1.807) is 6.07 Å². The van der Waals surface area contributed by atoms with E-state index < -0.39 is 6.10 Å². The Morgan fingerprint density at radius 1 is 1.40 bits per heavy atom. The molecular weight excluding hydrogens is 271 g/mol. The van der Waals surface area contributed by atoms with E-state index in [2.05, 4.69) is 9.88 Å². The standard InChI is InChI=1S/C14H19BN2O2S/c15-13-4-1-5-14(13,20)9-17(8-13)7-12(19)11-3-2-10(18)6-16-11/h2-3,6,12,18-20H,1,4-5,7-9H2/t12?,13-,14+/m1/s1. The lowest BCUT2D eigenvalue weighted by molar-refractivity contribution is 0.119. The van der Waals surface area contributed by atoms with Gasteiger partial charge in [0.1, 0.15) is 11.9 Å². The smallest absolute Gasteiger partial charge is 0.133 e. The van der Waals surface area contributed by atoms with E-state index >= 15 is 0 Å². The lowest BCUT2D eigenvalue weighted by Crippen LogP contribution is -2.32. The van der Waals surface area contributed by atoms with Crippen LogP contribution in [0.2, 0.25) is 5.31 Å². The van der Waals surface area contributed by atoms with E-state index in [0.29, 0.717) is 12.2 Å². The van der Waals surface area contributed by atoms with Gasteiger partial charge in [0.25, 0.3) is 0 Å². The highest BCUT2D eigenvalue weighted by molar-refractivity contribution is 7.82. The van der Waals surface area contributed by atoms with Crippen LogP contribution >= 0.6 is 12.6 Å². The average Bonchev–Trinajstić information content (AvgIpc) is 2.77. The van der Waals surface area contributed by atoms with Crippen molar-refractivity contribution in [3.05, 3.63) is 24.0 Å². The van der Waals surface area contributed by atoms with Crippen LogP contribution in [0, 0.1) is 0 Å². The van der Waals surface area contributed by atoms with Crippen molar-refractivity contribution in [2.45, 2.75) is 35.4 Å². The predicted molar refractivity (Wildman–Crippen MR) is 81.3 cm³/mol. The summed E-state index contributed by atoms with van der Waals surface area (Å²) < 4.78 is -0.130. The highest BCUT2D eigenvalue weighted by Crippen LogP contribution is 2.58. The summed E-state index contributed by atoms with van der Waals surface area (Å²) in [6, 6.07) is 3.18. The summed E-state index contributed by atoms with van der Waals surface area (Å²) in [7, 11) is 6.47. The van der Waals surface area contributed by atoms with Crippen molar-refractivity contribution in [3.8, 4) is 5.75 Å². The molecule has 1 aromatic rings. The summed E-state index contributed by atoms with van der Waals surface area (Å²) in [5, 5.41) is 19.2. The Morgan fingerprint density at radius 2 is 2.20 bits per heavy atom. The highest BCUT2D eigenvalue weighted by atomic mass is 32.1. The van der Waals surface area contributed by atoms with Gasteiger partial charge in [-0.05, 0) is 30.4 Å². The normalized spacial score (nSPS) is 35.1. The van der Waals surface area contributed by atoms with Gasteiger partial charge in [-0.15, -0.1) is 0 Å². The van der Waals surface area contributed by atoms with E-state index in [9.17, 15) is 10.2 Å². The molecule has 3 atom stereocenters. The molecule has 1 saturated carbocycles. The van der Waals surface area contributed by atoms with Gasteiger partial charge in [-0.3, -0.25) is 9.88 Å². The minimum absolute atomic E-state index is 0.104. The number of fused-ring (bicyclic) bond motifs is 1. The summed E-state index contributed by atoms with van der Waals surface area (Å²) in [5.74, 6) is 0.104. The Balaban J connectivity index is 1.66. The summed E-state index contributed by atoms with van der Waals surface area (Å²) in [5.41, 5.74) is 0.569. The van der Waals surface area contributed by atoms with Crippen LogP contribution in [0.4, 0.5) is 0 Å². The summed E-state index contributed by atoms with van der Waals surface area (Å²) in [6.07, 6.45) is 3.85. The van der Waals surface area contributed by atoms with Crippen LogP contribution in [0.25, 0.3) is 0 Å². The van der Waals surface area contributed by atoms with Crippen LogP contribution < -0.4 is 0 Å². The van der Waals surface area contributed by atoms with E-state index in [4.69, 9.17) is 20.5 Å². The van der Waals surface area contributed by atoms with Crippen molar-refractivity contribution in [2.75, 3.05) is 19.6 Å². The molecule has 1 aliphatic heterocycles. The number of hydrogen-bond donors (Lipinski definition) is 3. The van der Waals surface area contributed by atoms with Gasteiger partial charge in [0.2, 0.25) is 0 Å². The van der Waals surface area contributed by atoms with Gasteiger partial charge in [-0.1, -0.05) is 12.8 Å². The van der Waals surface area contributed by atoms with Gasteiger partial charge in [-0.25, -0.2) is 0 Å². The minimum atomic E-state index is -0.671. The Labute approximate surface area is 126 Å². The Bertz CT molecular complexity index is 482. The number of hydrogen-bond acceptors (Lipinski definition) is 5. The van der Waals surface area contributed by atoms with Crippen molar-refractivity contribution < 1.29 is 10.2 Å². The number of nitrogens with zero attached hydrogens (tertiary/aromatic N) is 2. The molecule has 4 nitrogen and oxygen atoms in total. The quantitative estimate of drug-likeness (QED) is 0.580. The number of aromatic hydroxyl groups is 1. The number of β-amino-alcohol motifs (C(OH)–C–C–N with tert-alkyl or cyclic N) is 1. The Morgan fingerprint density at radius 3 is 2.85 bits per heavy atom. The molecular formula is C14H19BN2O2S. The van der Waals surface area contributed by atoms with Gasteiger partial charge >= 0.3 is 0 Å². The Hall–Kier alpha value is -0.715. The third kappa shape index (κ3) is 2.34. The molecule has 20 heavy (non-hydrogen) atoms. The molecule has 1 unspecified atom stereocenters. The first kappa shape index (κ1) is 14.2. The number of likely N-dealkylation sites (tertiary alicyclic amines) is 1. The van der Waals surface area contributed by atoms with Crippen molar-refractivity contribution in [3.63, 3.8) is 0 Å². The van der Waals surface area contributed by atoms with Gasteiger partial charge in [0.15, 0.2) is 0 Å². The van der Waals surface area contributed by atoms with Crippen LogP contribution in [0.3, 0.4) is 0 Å². The molecule has 2 N–H and O–H groups in total. The first-order valence-corrected chi connectivity index (χ1v) is 7.43. The molecule has 2 radical (unpaired) electrons. The lowest BCUT2D eigenvalue weighted by atomic mass is 9.63. The van der Waals surface area contributed by atoms with Gasteiger partial charge in [0, 0.05) is 17.8 Å². The molecule has 2 fully saturated rings. The van der Waals surface area contributed by atoms with Crippen LogP contribution in [-0.4, -0.2) is 52.3 Å². The average molecular weight is 290 g/mol. The number of aliphatic hydroxyl groups excluding tert-OH is 1. The minimum Gasteiger partial charge on any atom is -0.506 e. The van der Waals surface area contributed by atoms with E-state index in [1.807, 2.05) is 0 Å². The summed E-state index contributed by atoms with van der Waals surface area (Å²) >= 11 is 4.81. The second-order valence-corrected chi connectivity index (χ2v) is 7.02. The maximum Gasteiger partial charge on any atom is 0.133 e. The van der Waals surface area contributed by atoms with Crippen molar-refractivity contribution in [1.29, 1.82) is 0 Å². The summed E-state index contributed by atoms with van der Waals surface area (Å²) in [4.78, 5) is 6.22. The molecule has 3 rings (SSSR count).